The van der Waals surface area contributed by atoms with Crippen molar-refractivity contribution < 1.29 is 29.3 Å². The summed E-state index contributed by atoms with van der Waals surface area (Å²) in [5, 5.41) is 20.8. The van der Waals surface area contributed by atoms with Gasteiger partial charge in [0.1, 0.15) is 12.4 Å². The van der Waals surface area contributed by atoms with Gasteiger partial charge in [-0.1, -0.05) is 29.8 Å². The van der Waals surface area contributed by atoms with Crippen LogP contribution in [0.25, 0.3) is 0 Å². The molecule has 0 spiro atoms. The molecule has 11 heteroatoms. The molecule has 1 aliphatic rings. The highest BCUT2D eigenvalue weighted by atomic mass is 35.5. The molecule has 0 fully saturated rings. The van der Waals surface area contributed by atoms with Crippen LogP contribution < -0.4 is 15.0 Å². The van der Waals surface area contributed by atoms with Gasteiger partial charge in [-0.05, 0) is 43.2 Å². The van der Waals surface area contributed by atoms with Crippen molar-refractivity contribution in [2.24, 2.45) is 0 Å². The molecule has 1 heterocycles. The highest BCUT2D eigenvalue weighted by Gasteiger charge is 2.32. The molecule has 0 saturated heterocycles. The summed E-state index contributed by atoms with van der Waals surface area (Å²) in [4.78, 5) is 43.7. The van der Waals surface area contributed by atoms with Gasteiger partial charge in [-0.15, -0.1) is 0 Å². The van der Waals surface area contributed by atoms with E-state index >= 15 is 0 Å². The maximum absolute atomic E-state index is 13.6. The molecule has 3 N–H and O–H groups in total. The van der Waals surface area contributed by atoms with Gasteiger partial charge < -0.3 is 35.0 Å². The van der Waals surface area contributed by atoms with E-state index in [1.54, 1.807) is 29.0 Å². The Bertz CT molecular complexity index is 1110. The van der Waals surface area contributed by atoms with Crippen LogP contribution in [0.1, 0.15) is 29.3 Å². The van der Waals surface area contributed by atoms with Gasteiger partial charge in [0.05, 0.1) is 23.7 Å². The van der Waals surface area contributed by atoms with Gasteiger partial charge in [0.15, 0.2) is 0 Å². The Labute approximate surface area is 221 Å². The highest BCUT2D eigenvalue weighted by Crippen LogP contribution is 2.31. The van der Waals surface area contributed by atoms with Crippen LogP contribution in [0.15, 0.2) is 42.5 Å². The number of rotatable bonds is 9. The minimum Gasteiger partial charge on any atom is -0.491 e. The first kappa shape index (κ1) is 28.2. The lowest BCUT2D eigenvalue weighted by Crippen LogP contribution is -2.50. The zero-order chi connectivity index (χ0) is 26.9. The number of benzene rings is 2. The average molecular weight is 533 g/mol. The van der Waals surface area contributed by atoms with Crippen LogP contribution in [0.5, 0.6) is 5.75 Å². The number of aliphatic hydroxyl groups excluding tert-OH is 2. The number of fused-ring (bicyclic) bond motifs is 1. The molecule has 0 aliphatic carbocycles. The predicted octanol–water partition coefficient (Wildman–Crippen LogP) is 2.11. The fraction of sp³-hybridized carbons (Fsp3) is 0.423. The smallest absolute Gasteiger partial charge is 0.318 e. The lowest BCUT2D eigenvalue weighted by Gasteiger charge is -2.29. The lowest BCUT2D eigenvalue weighted by atomic mass is 10.1. The molecule has 200 valence electrons. The number of halogens is 1. The third-order valence-electron chi connectivity index (χ3n) is 6.11. The number of nitrogens with zero attached hydrogens (tertiary/aromatic N) is 3. The second-order valence-corrected chi connectivity index (χ2v) is 9.19. The number of aliphatic hydroxyl groups is 2. The molecular weight excluding hydrogens is 500 g/mol. The molecule has 0 unspecified atom stereocenters. The minimum absolute atomic E-state index is 0.0171. The van der Waals surface area contributed by atoms with Crippen LogP contribution in [0.4, 0.5) is 10.5 Å². The molecule has 1 aliphatic heterocycles. The van der Waals surface area contributed by atoms with E-state index < -0.39 is 6.03 Å². The summed E-state index contributed by atoms with van der Waals surface area (Å²) < 4.78 is 5.38. The number of urea groups is 1. The number of amides is 4. The largest absolute Gasteiger partial charge is 0.491 e. The molecule has 0 bridgehead atoms. The highest BCUT2D eigenvalue weighted by molar-refractivity contribution is 6.34. The molecule has 10 nitrogen and oxygen atoms in total. The molecule has 0 radical (unpaired) electrons. The maximum atomic E-state index is 13.6. The van der Waals surface area contributed by atoms with E-state index in [-0.39, 0.29) is 67.9 Å². The number of hydrogen-bond donors (Lipinski definition) is 3. The molecule has 2 aromatic rings. The van der Waals surface area contributed by atoms with Crippen LogP contribution in [0, 0.1) is 0 Å². The maximum Gasteiger partial charge on any atom is 0.318 e. The summed E-state index contributed by atoms with van der Waals surface area (Å²) in [6, 6.07) is 11.3. The summed E-state index contributed by atoms with van der Waals surface area (Å²) in [6.45, 7) is 2.49. The van der Waals surface area contributed by atoms with E-state index in [1.807, 2.05) is 31.2 Å². The number of carbonyl (C=O) groups is 3. The number of nitrogens with one attached hydrogen (secondary N) is 1. The third-order valence-corrected chi connectivity index (χ3v) is 6.42. The zero-order valence-electron chi connectivity index (χ0n) is 21.0. The van der Waals surface area contributed by atoms with Crippen molar-refractivity contribution in [1.82, 2.24) is 15.1 Å². The zero-order valence-corrected chi connectivity index (χ0v) is 21.8. The summed E-state index contributed by atoms with van der Waals surface area (Å²) >= 11 is 6.42. The SMILES string of the molecule is C[C@@H]1CN(C(=O)c2ccc(OCCO)cc2Cl)c2ccccc2CN1C(=O)NCC(=O)N(C)CCCO. The van der Waals surface area contributed by atoms with E-state index in [0.29, 0.717) is 24.4 Å². The first-order chi connectivity index (χ1) is 17.8. The second-order valence-electron chi connectivity index (χ2n) is 8.79. The van der Waals surface area contributed by atoms with Crippen LogP contribution >= 0.6 is 11.6 Å². The third kappa shape index (κ3) is 7.12. The van der Waals surface area contributed by atoms with Gasteiger partial charge >= 0.3 is 6.03 Å². The summed E-state index contributed by atoms with van der Waals surface area (Å²) in [6.07, 6.45) is 0.461. The number of anilines is 1. The molecule has 37 heavy (non-hydrogen) atoms. The van der Waals surface area contributed by atoms with Crippen molar-refractivity contribution in [3.8, 4) is 5.75 Å². The van der Waals surface area contributed by atoms with E-state index in [2.05, 4.69) is 5.32 Å². The standard InChI is InChI=1S/C26H33ClN4O6/c1-18-16-31(25(35)21-9-8-20(14-22(21)27)37-13-12-33)23-7-4-3-6-19(23)17-30(18)26(36)28-15-24(34)29(2)10-5-11-32/h3-4,6-9,14,18,32-33H,5,10-13,15-17H2,1-2H3,(H,28,36)/t18-/m1/s1. The van der Waals surface area contributed by atoms with Gasteiger partial charge in [0.2, 0.25) is 5.91 Å². The average Bonchev–Trinajstić information content (AvgIpc) is 3.05. The first-order valence-corrected chi connectivity index (χ1v) is 12.5. The van der Waals surface area contributed by atoms with Gasteiger partial charge in [0, 0.05) is 45.0 Å². The number of carbonyl (C=O) groups excluding carboxylic acids is 3. The summed E-state index contributed by atoms with van der Waals surface area (Å²) in [7, 11) is 1.62. The Morgan fingerprint density at radius 1 is 1.16 bits per heavy atom. The fourth-order valence-electron chi connectivity index (χ4n) is 4.06. The minimum atomic E-state index is -0.413. The van der Waals surface area contributed by atoms with Crippen molar-refractivity contribution >= 4 is 35.1 Å². The monoisotopic (exact) mass is 532 g/mol. The van der Waals surface area contributed by atoms with Crippen molar-refractivity contribution in [2.45, 2.75) is 25.9 Å². The molecule has 4 amide bonds. The van der Waals surface area contributed by atoms with Gasteiger partial charge in [-0.25, -0.2) is 4.79 Å². The normalized spacial score (nSPS) is 15.0. The Balaban J connectivity index is 1.78. The van der Waals surface area contributed by atoms with Crippen molar-refractivity contribution in [3.05, 3.63) is 58.6 Å². The molecular formula is C26H33ClN4O6. The number of likely N-dealkylation sites (N-methyl/N-ethyl adjacent to an activating group) is 1. The molecule has 0 aromatic heterocycles. The molecule has 3 rings (SSSR count). The van der Waals surface area contributed by atoms with Gasteiger partial charge in [-0.2, -0.15) is 0 Å². The molecule has 1 atom stereocenters. The first-order valence-electron chi connectivity index (χ1n) is 12.1. The van der Waals surface area contributed by atoms with Crippen LogP contribution in [-0.2, 0) is 11.3 Å². The van der Waals surface area contributed by atoms with E-state index in [9.17, 15) is 14.4 Å². The van der Waals surface area contributed by atoms with Crippen molar-refractivity contribution in [2.75, 3.05) is 51.4 Å². The van der Waals surface area contributed by atoms with E-state index in [4.69, 9.17) is 26.6 Å². The Hall–Kier alpha value is -3.34. The van der Waals surface area contributed by atoms with Crippen LogP contribution in [0.2, 0.25) is 5.02 Å². The van der Waals surface area contributed by atoms with Gasteiger partial charge in [-0.3, -0.25) is 9.59 Å². The second kappa shape index (κ2) is 13.3. The number of para-hydroxylation sites is 1. The Morgan fingerprint density at radius 2 is 1.92 bits per heavy atom. The number of hydrogen-bond acceptors (Lipinski definition) is 6. The van der Waals surface area contributed by atoms with E-state index in [0.717, 1.165) is 5.56 Å². The fourth-order valence-corrected chi connectivity index (χ4v) is 4.31. The summed E-state index contributed by atoms with van der Waals surface area (Å²) in [5.74, 6) is -0.136. The molecule has 0 saturated carbocycles. The van der Waals surface area contributed by atoms with Crippen molar-refractivity contribution in [1.29, 1.82) is 0 Å². The quantitative estimate of drug-likeness (QED) is 0.454. The topological polar surface area (TPSA) is 123 Å². The Morgan fingerprint density at radius 3 is 2.62 bits per heavy atom. The van der Waals surface area contributed by atoms with Crippen LogP contribution in [0.3, 0.4) is 0 Å². The van der Waals surface area contributed by atoms with Crippen LogP contribution in [-0.4, -0.2) is 90.4 Å². The van der Waals surface area contributed by atoms with E-state index in [1.165, 1.54) is 11.0 Å². The van der Waals surface area contributed by atoms with Crippen molar-refractivity contribution in [3.63, 3.8) is 0 Å². The molecule has 2 aromatic carbocycles. The lowest BCUT2D eigenvalue weighted by molar-refractivity contribution is -0.128. The summed E-state index contributed by atoms with van der Waals surface area (Å²) in [5.41, 5.74) is 1.74. The van der Waals surface area contributed by atoms with Gasteiger partial charge in [0.25, 0.3) is 5.91 Å². The number of ether oxygens (including phenoxy) is 1. The predicted molar refractivity (Wildman–Crippen MR) is 140 cm³/mol. The Kier molecular flexibility index (Phi) is 10.1.